The minimum absolute atomic E-state index is 0.541. The summed E-state index contributed by atoms with van der Waals surface area (Å²) in [6.07, 6.45) is 5.65. The fourth-order valence-electron chi connectivity index (χ4n) is 1.91. The number of nitrogens with one attached hydrogen (secondary N) is 1. The molecule has 3 N–H and O–H groups in total. The van der Waals surface area contributed by atoms with E-state index in [4.69, 9.17) is 5.73 Å². The van der Waals surface area contributed by atoms with E-state index in [0.29, 0.717) is 18.5 Å². The largest absolute Gasteiger partial charge is 0.370 e. The maximum Gasteiger partial charge on any atom is 0.189 e. The van der Waals surface area contributed by atoms with E-state index in [0.717, 1.165) is 12.1 Å². The van der Waals surface area contributed by atoms with Gasteiger partial charge in [-0.2, -0.15) is 5.10 Å². The number of hydrogen-bond donors (Lipinski definition) is 2. The Kier molecular flexibility index (Phi) is 3.62. The van der Waals surface area contributed by atoms with Gasteiger partial charge in [-0.25, -0.2) is 14.7 Å². The first-order chi connectivity index (χ1) is 9.79. The van der Waals surface area contributed by atoms with Crippen LogP contribution in [-0.4, -0.2) is 26.8 Å². The number of nitrogens with zero attached hydrogens (tertiary/aromatic N) is 4. The van der Waals surface area contributed by atoms with Gasteiger partial charge in [-0.15, -0.1) is 0 Å². The van der Waals surface area contributed by atoms with E-state index in [1.807, 2.05) is 0 Å². The zero-order chi connectivity index (χ0) is 13.8. The molecule has 0 unspecified atom stereocenters. The van der Waals surface area contributed by atoms with Crippen molar-refractivity contribution in [2.24, 2.45) is 10.7 Å². The minimum Gasteiger partial charge on any atom is -0.370 e. The highest BCUT2D eigenvalue weighted by Gasteiger charge is 2.21. The fraction of sp³-hybridized carbons (Fsp3) is 0.357. The van der Waals surface area contributed by atoms with Crippen LogP contribution in [0.15, 0.2) is 41.9 Å². The van der Waals surface area contributed by atoms with Gasteiger partial charge in [0.1, 0.15) is 12.7 Å². The molecule has 0 saturated heterocycles. The Morgan fingerprint density at radius 2 is 2.05 bits per heavy atom. The number of hydrogen-bond acceptors (Lipinski definition) is 3. The minimum atomic E-state index is 0.541. The van der Waals surface area contributed by atoms with Crippen molar-refractivity contribution in [2.75, 3.05) is 0 Å². The molecule has 2 aromatic rings. The fourth-order valence-corrected chi connectivity index (χ4v) is 1.91. The summed E-state index contributed by atoms with van der Waals surface area (Å²) in [6.45, 7) is 1.34. The number of guanidine groups is 1. The van der Waals surface area contributed by atoms with Crippen molar-refractivity contribution < 1.29 is 0 Å². The maximum atomic E-state index is 5.80. The van der Waals surface area contributed by atoms with Gasteiger partial charge in [0, 0.05) is 6.04 Å². The summed E-state index contributed by atoms with van der Waals surface area (Å²) in [5, 5.41) is 7.26. The zero-order valence-electron chi connectivity index (χ0n) is 11.2. The summed E-state index contributed by atoms with van der Waals surface area (Å²) in [4.78, 5) is 8.26. The van der Waals surface area contributed by atoms with Crippen molar-refractivity contribution in [2.45, 2.75) is 32.0 Å². The predicted octanol–water partition coefficient (Wildman–Crippen LogP) is 0.893. The Morgan fingerprint density at radius 3 is 2.70 bits per heavy atom. The highest BCUT2D eigenvalue weighted by molar-refractivity contribution is 5.78. The first-order valence-corrected chi connectivity index (χ1v) is 6.76. The Labute approximate surface area is 117 Å². The molecule has 0 amide bonds. The van der Waals surface area contributed by atoms with Gasteiger partial charge in [-0.3, -0.25) is 0 Å². The molecule has 6 heteroatoms. The quantitative estimate of drug-likeness (QED) is 0.624. The molecule has 0 spiro atoms. The monoisotopic (exact) mass is 270 g/mol. The van der Waals surface area contributed by atoms with Crippen LogP contribution in [-0.2, 0) is 13.1 Å². The van der Waals surface area contributed by atoms with Crippen LogP contribution in [0.3, 0.4) is 0 Å². The molecular weight excluding hydrogens is 252 g/mol. The molecule has 20 heavy (non-hydrogen) atoms. The van der Waals surface area contributed by atoms with Gasteiger partial charge < -0.3 is 11.1 Å². The van der Waals surface area contributed by atoms with Crippen LogP contribution in [0.2, 0.25) is 0 Å². The number of benzene rings is 1. The normalized spacial score (nSPS) is 15.3. The standard InChI is InChI=1S/C14H18N6/c15-14(19-13-5-6-13)17-7-11-1-3-12(4-2-11)8-20-10-16-9-18-20/h1-4,9-10,13H,5-8H2,(H3,15,17,19). The van der Waals surface area contributed by atoms with E-state index in [1.54, 1.807) is 17.3 Å². The van der Waals surface area contributed by atoms with Crippen molar-refractivity contribution in [3.63, 3.8) is 0 Å². The first-order valence-electron chi connectivity index (χ1n) is 6.76. The Balaban J connectivity index is 1.55. The van der Waals surface area contributed by atoms with Gasteiger partial charge in [-0.1, -0.05) is 24.3 Å². The van der Waals surface area contributed by atoms with Gasteiger partial charge in [0.15, 0.2) is 5.96 Å². The average molecular weight is 270 g/mol. The summed E-state index contributed by atoms with van der Waals surface area (Å²) in [5.41, 5.74) is 8.14. The third kappa shape index (κ3) is 3.57. The summed E-state index contributed by atoms with van der Waals surface area (Å²) in [7, 11) is 0. The van der Waals surface area contributed by atoms with Crippen LogP contribution in [0.4, 0.5) is 0 Å². The van der Waals surface area contributed by atoms with Crippen molar-refractivity contribution in [1.82, 2.24) is 20.1 Å². The second kappa shape index (κ2) is 5.73. The Hall–Kier alpha value is -2.37. The van der Waals surface area contributed by atoms with Crippen LogP contribution in [0.25, 0.3) is 0 Å². The van der Waals surface area contributed by atoms with Crippen LogP contribution in [0.5, 0.6) is 0 Å². The van der Waals surface area contributed by atoms with Gasteiger partial charge in [0.05, 0.1) is 13.1 Å². The summed E-state index contributed by atoms with van der Waals surface area (Å²) >= 11 is 0. The number of aliphatic imine (C=N–C) groups is 1. The lowest BCUT2D eigenvalue weighted by atomic mass is 10.1. The second-order valence-corrected chi connectivity index (χ2v) is 5.03. The lowest BCUT2D eigenvalue weighted by molar-refractivity contribution is 0.684. The zero-order valence-corrected chi connectivity index (χ0v) is 11.2. The summed E-state index contributed by atoms with van der Waals surface area (Å²) < 4.78 is 1.80. The van der Waals surface area contributed by atoms with Crippen molar-refractivity contribution in [3.8, 4) is 0 Å². The highest BCUT2D eigenvalue weighted by atomic mass is 15.3. The lowest BCUT2D eigenvalue weighted by Gasteiger charge is -2.04. The summed E-state index contributed by atoms with van der Waals surface area (Å²) in [5.74, 6) is 0.541. The molecule has 1 fully saturated rings. The Morgan fingerprint density at radius 1 is 1.30 bits per heavy atom. The average Bonchev–Trinajstić information content (AvgIpc) is 3.12. The van der Waals surface area contributed by atoms with Gasteiger partial charge in [0.25, 0.3) is 0 Å². The molecular formula is C14H18N6. The molecule has 0 atom stereocenters. The third-order valence-corrected chi connectivity index (χ3v) is 3.20. The van der Waals surface area contributed by atoms with Gasteiger partial charge in [-0.05, 0) is 24.0 Å². The molecule has 0 aliphatic heterocycles. The lowest BCUT2D eigenvalue weighted by Crippen LogP contribution is -2.33. The SMILES string of the molecule is NC(=NCc1ccc(Cn2cncn2)cc1)NC1CC1. The molecule has 6 nitrogen and oxygen atoms in total. The van der Waals surface area contributed by atoms with Crippen molar-refractivity contribution in [3.05, 3.63) is 48.0 Å². The number of rotatable bonds is 5. The Bertz CT molecular complexity index is 568. The number of aromatic nitrogens is 3. The third-order valence-electron chi connectivity index (χ3n) is 3.20. The van der Waals surface area contributed by atoms with Crippen molar-refractivity contribution >= 4 is 5.96 Å². The smallest absolute Gasteiger partial charge is 0.189 e. The molecule has 1 aromatic heterocycles. The molecule has 0 radical (unpaired) electrons. The molecule has 0 bridgehead atoms. The first kappa shape index (κ1) is 12.7. The van der Waals surface area contributed by atoms with Gasteiger partial charge in [0.2, 0.25) is 0 Å². The molecule has 104 valence electrons. The van der Waals surface area contributed by atoms with E-state index < -0.39 is 0 Å². The van der Waals surface area contributed by atoms with Crippen LogP contribution < -0.4 is 11.1 Å². The van der Waals surface area contributed by atoms with E-state index in [2.05, 4.69) is 44.7 Å². The molecule has 1 aromatic carbocycles. The molecule has 1 saturated carbocycles. The second-order valence-electron chi connectivity index (χ2n) is 5.03. The van der Waals surface area contributed by atoms with E-state index in [-0.39, 0.29) is 0 Å². The van der Waals surface area contributed by atoms with Crippen molar-refractivity contribution in [1.29, 1.82) is 0 Å². The highest BCUT2D eigenvalue weighted by Crippen LogP contribution is 2.18. The topological polar surface area (TPSA) is 81.1 Å². The molecule has 1 aliphatic rings. The molecule has 1 aliphatic carbocycles. The molecule has 1 heterocycles. The summed E-state index contributed by atoms with van der Waals surface area (Å²) in [6, 6.07) is 8.85. The molecule has 3 rings (SSSR count). The van der Waals surface area contributed by atoms with Crippen LogP contribution >= 0.6 is 0 Å². The van der Waals surface area contributed by atoms with E-state index in [9.17, 15) is 0 Å². The van der Waals surface area contributed by atoms with E-state index >= 15 is 0 Å². The van der Waals surface area contributed by atoms with Gasteiger partial charge >= 0.3 is 0 Å². The van der Waals surface area contributed by atoms with E-state index in [1.165, 1.54) is 18.4 Å². The van der Waals surface area contributed by atoms with Crippen LogP contribution in [0, 0.1) is 0 Å². The predicted molar refractivity (Wildman–Crippen MR) is 77.1 cm³/mol. The number of nitrogens with two attached hydrogens (primary N) is 1. The van der Waals surface area contributed by atoms with Crippen LogP contribution in [0.1, 0.15) is 24.0 Å². The maximum absolute atomic E-state index is 5.80.